The highest BCUT2D eigenvalue weighted by Gasteiger charge is 2.26. The van der Waals surface area contributed by atoms with E-state index in [-0.39, 0.29) is 18.0 Å². The summed E-state index contributed by atoms with van der Waals surface area (Å²) in [6.45, 7) is 1.38. The van der Waals surface area contributed by atoms with E-state index in [9.17, 15) is 22.0 Å². The van der Waals surface area contributed by atoms with Gasteiger partial charge in [0, 0.05) is 32.4 Å². The maximum atomic E-state index is 13.6. The highest BCUT2D eigenvalue weighted by atomic mass is 32.2. The summed E-state index contributed by atoms with van der Waals surface area (Å²) in [6, 6.07) is 6.23. The third kappa shape index (κ3) is 5.07. The van der Waals surface area contributed by atoms with Gasteiger partial charge in [0.1, 0.15) is 27.9 Å². The standard InChI is InChI=1S/C19H22F2N4O3S/c20-15-5-4-6-16(21)18(15)19(26)23-10-9-22-17-8-7-14(13-24-17)29(27,28)25-11-2-1-3-12-25/h4-8,13H,1-3,9-12H2,(H,22,24)(H,23,26). The van der Waals surface area contributed by atoms with Crippen molar-refractivity contribution >= 4 is 21.7 Å². The van der Waals surface area contributed by atoms with Crippen molar-refractivity contribution in [3.8, 4) is 0 Å². The van der Waals surface area contributed by atoms with Crippen molar-refractivity contribution in [1.29, 1.82) is 0 Å². The minimum atomic E-state index is -3.54. The van der Waals surface area contributed by atoms with Gasteiger partial charge >= 0.3 is 0 Å². The van der Waals surface area contributed by atoms with Crippen LogP contribution in [0.1, 0.15) is 29.6 Å². The number of sulfonamides is 1. The van der Waals surface area contributed by atoms with Gasteiger partial charge in [0.05, 0.1) is 0 Å². The van der Waals surface area contributed by atoms with Crippen LogP contribution in [0.15, 0.2) is 41.4 Å². The molecule has 0 atom stereocenters. The Morgan fingerprint density at radius 3 is 2.34 bits per heavy atom. The first-order chi connectivity index (χ1) is 13.9. The third-order valence-corrected chi connectivity index (χ3v) is 6.48. The van der Waals surface area contributed by atoms with Crippen LogP contribution < -0.4 is 10.6 Å². The molecule has 2 aromatic rings. The molecule has 1 fully saturated rings. The summed E-state index contributed by atoms with van der Waals surface area (Å²) in [7, 11) is -3.54. The van der Waals surface area contributed by atoms with Gasteiger partial charge in [-0.3, -0.25) is 4.79 Å². The van der Waals surface area contributed by atoms with Gasteiger partial charge in [0.2, 0.25) is 10.0 Å². The van der Waals surface area contributed by atoms with E-state index in [1.54, 1.807) is 0 Å². The predicted molar refractivity (Wildman–Crippen MR) is 104 cm³/mol. The van der Waals surface area contributed by atoms with Gasteiger partial charge < -0.3 is 10.6 Å². The monoisotopic (exact) mass is 424 g/mol. The van der Waals surface area contributed by atoms with Crippen LogP contribution in [0.5, 0.6) is 0 Å². The number of pyridine rings is 1. The van der Waals surface area contributed by atoms with E-state index >= 15 is 0 Å². The van der Waals surface area contributed by atoms with Crippen molar-refractivity contribution in [1.82, 2.24) is 14.6 Å². The SMILES string of the molecule is O=C(NCCNc1ccc(S(=O)(=O)N2CCCCC2)cn1)c1c(F)cccc1F. The molecule has 10 heteroatoms. The minimum absolute atomic E-state index is 0.0993. The molecule has 0 aliphatic carbocycles. The van der Waals surface area contributed by atoms with Crippen LogP contribution in [-0.2, 0) is 10.0 Å². The lowest BCUT2D eigenvalue weighted by Gasteiger charge is -2.25. The maximum Gasteiger partial charge on any atom is 0.257 e. The molecule has 1 aliphatic rings. The van der Waals surface area contributed by atoms with Gasteiger partial charge in [0.25, 0.3) is 5.91 Å². The van der Waals surface area contributed by atoms with Crippen molar-refractivity contribution < 1.29 is 22.0 Å². The molecule has 156 valence electrons. The Morgan fingerprint density at radius 1 is 1.03 bits per heavy atom. The molecular weight excluding hydrogens is 402 g/mol. The van der Waals surface area contributed by atoms with Crippen molar-refractivity contribution in [3.05, 3.63) is 53.7 Å². The Bertz CT molecular complexity index is 942. The summed E-state index contributed by atoms with van der Waals surface area (Å²) in [6.07, 6.45) is 4.04. The van der Waals surface area contributed by atoms with E-state index < -0.39 is 33.1 Å². The van der Waals surface area contributed by atoms with E-state index in [2.05, 4.69) is 15.6 Å². The highest BCUT2D eigenvalue weighted by Crippen LogP contribution is 2.20. The van der Waals surface area contributed by atoms with Gasteiger partial charge in [-0.15, -0.1) is 0 Å². The van der Waals surface area contributed by atoms with Gasteiger partial charge in [-0.05, 0) is 37.1 Å². The molecule has 7 nitrogen and oxygen atoms in total. The molecular formula is C19H22F2N4O3S. The van der Waals surface area contributed by atoms with Gasteiger partial charge in [-0.2, -0.15) is 4.31 Å². The number of piperidine rings is 1. The van der Waals surface area contributed by atoms with Crippen molar-refractivity contribution in [2.24, 2.45) is 0 Å². The second-order valence-electron chi connectivity index (χ2n) is 6.62. The first kappa shape index (κ1) is 21.1. The molecule has 1 aromatic heterocycles. The molecule has 1 saturated heterocycles. The van der Waals surface area contributed by atoms with Crippen LogP contribution in [0.3, 0.4) is 0 Å². The van der Waals surface area contributed by atoms with Gasteiger partial charge in [-0.25, -0.2) is 22.2 Å². The average Bonchev–Trinajstić information content (AvgIpc) is 2.72. The Labute approximate surface area is 168 Å². The summed E-state index contributed by atoms with van der Waals surface area (Å²) < 4.78 is 53.8. The molecule has 0 saturated carbocycles. The molecule has 0 unspecified atom stereocenters. The van der Waals surface area contributed by atoms with E-state index in [0.29, 0.717) is 18.9 Å². The fraction of sp³-hybridized carbons (Fsp3) is 0.368. The van der Waals surface area contributed by atoms with Crippen molar-refractivity contribution in [3.63, 3.8) is 0 Å². The lowest BCUT2D eigenvalue weighted by Crippen LogP contribution is -2.35. The summed E-state index contributed by atoms with van der Waals surface area (Å²) >= 11 is 0. The molecule has 1 aromatic carbocycles. The van der Waals surface area contributed by atoms with Gasteiger partial charge in [-0.1, -0.05) is 12.5 Å². The Morgan fingerprint density at radius 2 is 1.72 bits per heavy atom. The third-order valence-electron chi connectivity index (χ3n) is 4.60. The Balaban J connectivity index is 1.51. The van der Waals surface area contributed by atoms with Gasteiger partial charge in [0.15, 0.2) is 0 Å². The van der Waals surface area contributed by atoms with Crippen LogP contribution in [0.2, 0.25) is 0 Å². The topological polar surface area (TPSA) is 91.4 Å². The molecule has 2 heterocycles. The second kappa shape index (κ2) is 9.27. The van der Waals surface area contributed by atoms with Crippen LogP contribution in [0.25, 0.3) is 0 Å². The normalized spacial score (nSPS) is 15.1. The molecule has 0 bridgehead atoms. The van der Waals surface area contributed by atoms with Crippen LogP contribution in [0, 0.1) is 11.6 Å². The molecule has 29 heavy (non-hydrogen) atoms. The largest absolute Gasteiger partial charge is 0.368 e. The quantitative estimate of drug-likeness (QED) is 0.666. The number of rotatable bonds is 7. The number of carbonyl (C=O) groups excluding carboxylic acids is 1. The number of halogens is 2. The van der Waals surface area contributed by atoms with Crippen LogP contribution >= 0.6 is 0 Å². The minimum Gasteiger partial charge on any atom is -0.368 e. The van der Waals surface area contributed by atoms with E-state index in [1.807, 2.05) is 0 Å². The predicted octanol–water partition coefficient (Wildman–Crippen LogP) is 2.38. The zero-order valence-corrected chi connectivity index (χ0v) is 16.5. The first-order valence-corrected chi connectivity index (χ1v) is 10.8. The summed E-state index contributed by atoms with van der Waals surface area (Å²) in [5, 5.41) is 5.33. The molecule has 0 spiro atoms. The smallest absolute Gasteiger partial charge is 0.257 e. The van der Waals surface area contributed by atoms with E-state index in [0.717, 1.165) is 31.4 Å². The average molecular weight is 424 g/mol. The zero-order valence-electron chi connectivity index (χ0n) is 15.7. The summed E-state index contributed by atoms with van der Waals surface area (Å²) in [4.78, 5) is 16.1. The van der Waals surface area contributed by atoms with E-state index in [4.69, 9.17) is 0 Å². The number of hydrogen-bond acceptors (Lipinski definition) is 5. The lowest BCUT2D eigenvalue weighted by atomic mass is 10.2. The summed E-state index contributed by atoms with van der Waals surface area (Å²) in [5.74, 6) is -2.28. The van der Waals surface area contributed by atoms with Crippen LogP contribution in [-0.4, -0.2) is 49.8 Å². The number of anilines is 1. The maximum absolute atomic E-state index is 13.6. The second-order valence-corrected chi connectivity index (χ2v) is 8.56. The Hall–Kier alpha value is -2.59. The number of nitrogens with one attached hydrogen (secondary N) is 2. The number of aromatic nitrogens is 1. The molecule has 0 radical (unpaired) electrons. The molecule has 1 amide bonds. The van der Waals surface area contributed by atoms with E-state index in [1.165, 1.54) is 28.7 Å². The molecule has 3 rings (SSSR count). The number of amides is 1. The summed E-state index contributed by atoms with van der Waals surface area (Å²) in [5.41, 5.74) is -0.627. The highest BCUT2D eigenvalue weighted by molar-refractivity contribution is 7.89. The first-order valence-electron chi connectivity index (χ1n) is 9.32. The zero-order chi connectivity index (χ0) is 20.9. The number of hydrogen-bond donors (Lipinski definition) is 2. The Kier molecular flexibility index (Phi) is 6.75. The van der Waals surface area contributed by atoms with Crippen LogP contribution in [0.4, 0.5) is 14.6 Å². The molecule has 2 N–H and O–H groups in total. The van der Waals surface area contributed by atoms with Crippen molar-refractivity contribution in [2.75, 3.05) is 31.5 Å². The lowest BCUT2D eigenvalue weighted by molar-refractivity contribution is 0.0946. The number of nitrogens with zero attached hydrogens (tertiary/aromatic N) is 2. The fourth-order valence-corrected chi connectivity index (χ4v) is 4.52. The van der Waals surface area contributed by atoms with Crippen molar-refractivity contribution in [2.45, 2.75) is 24.2 Å². The molecule has 1 aliphatic heterocycles. The number of benzene rings is 1. The fourth-order valence-electron chi connectivity index (χ4n) is 3.06. The number of carbonyl (C=O) groups is 1.